The van der Waals surface area contributed by atoms with Crippen LogP contribution in [-0.2, 0) is 10.0 Å². The monoisotopic (exact) mass is 420 g/mol. The van der Waals surface area contributed by atoms with Crippen molar-refractivity contribution >= 4 is 32.7 Å². The molecule has 0 spiro atoms. The minimum absolute atomic E-state index is 0.0398. The van der Waals surface area contributed by atoms with Gasteiger partial charge >= 0.3 is 0 Å². The van der Waals surface area contributed by atoms with Crippen LogP contribution in [0.25, 0.3) is 16.7 Å². The molecule has 0 saturated carbocycles. The number of primary sulfonamides is 1. The van der Waals surface area contributed by atoms with Gasteiger partial charge in [-0.3, -0.25) is 4.57 Å². The van der Waals surface area contributed by atoms with E-state index in [9.17, 15) is 8.42 Å². The van der Waals surface area contributed by atoms with E-state index < -0.39 is 10.0 Å². The predicted molar refractivity (Wildman–Crippen MR) is 121 cm³/mol. The van der Waals surface area contributed by atoms with E-state index in [4.69, 9.17) is 5.14 Å². The van der Waals surface area contributed by atoms with Gasteiger partial charge in [0.25, 0.3) is 0 Å². The van der Waals surface area contributed by atoms with E-state index >= 15 is 0 Å². The lowest BCUT2D eigenvalue weighted by Crippen LogP contribution is -2.11. The number of nitrogens with two attached hydrogens (primary N) is 1. The lowest BCUT2D eigenvalue weighted by Gasteiger charge is -2.13. The van der Waals surface area contributed by atoms with Crippen molar-refractivity contribution in [3.05, 3.63) is 78.4 Å². The third-order valence-corrected chi connectivity index (χ3v) is 6.23. The normalized spacial score (nSPS) is 12.8. The zero-order valence-corrected chi connectivity index (χ0v) is 17.7. The van der Waals surface area contributed by atoms with Crippen LogP contribution < -0.4 is 10.5 Å². The summed E-state index contributed by atoms with van der Waals surface area (Å²) < 4.78 is 25.6. The molecule has 154 valence electrons. The van der Waals surface area contributed by atoms with Crippen LogP contribution in [0.3, 0.4) is 0 Å². The summed E-state index contributed by atoms with van der Waals surface area (Å²) in [5, 5.41) is 8.65. The zero-order chi connectivity index (χ0) is 21.3. The van der Waals surface area contributed by atoms with E-state index in [1.54, 1.807) is 6.07 Å². The summed E-state index contributed by atoms with van der Waals surface area (Å²) in [6.45, 7) is 4.38. The topological polar surface area (TPSA) is 90.0 Å². The van der Waals surface area contributed by atoms with E-state index in [-0.39, 0.29) is 4.90 Å². The zero-order valence-electron chi connectivity index (χ0n) is 16.9. The molecule has 0 amide bonds. The molecule has 0 aliphatic rings. The molecule has 1 atom stereocenters. The van der Waals surface area contributed by atoms with Crippen molar-refractivity contribution in [3.63, 3.8) is 0 Å². The average Bonchev–Trinajstić information content (AvgIpc) is 3.10. The second-order valence-corrected chi connectivity index (χ2v) is 8.92. The molecule has 1 aromatic heterocycles. The first-order chi connectivity index (χ1) is 14.4. The number of rotatable bonds is 6. The molecule has 0 saturated heterocycles. The number of hydrogen-bond acceptors (Lipinski definition) is 4. The Kier molecular flexibility index (Phi) is 5.32. The van der Waals surface area contributed by atoms with E-state index in [2.05, 4.69) is 48.4 Å². The number of para-hydroxylation sites is 1. The molecular formula is C23H24N4O2S. The van der Waals surface area contributed by atoms with Gasteiger partial charge in [-0.25, -0.2) is 18.5 Å². The second-order valence-electron chi connectivity index (χ2n) is 7.36. The van der Waals surface area contributed by atoms with Gasteiger partial charge < -0.3 is 5.32 Å². The van der Waals surface area contributed by atoms with Crippen LogP contribution in [0.4, 0.5) is 11.6 Å². The molecule has 3 aromatic carbocycles. The highest BCUT2D eigenvalue weighted by atomic mass is 32.2. The lowest BCUT2D eigenvalue weighted by atomic mass is 9.98. The van der Waals surface area contributed by atoms with Gasteiger partial charge in [0, 0.05) is 11.4 Å². The SMILES string of the molecule is CCC(C)c1ccc(-n2c(Nc3ccccc3)nc3cc(S(N)(=O)=O)ccc32)cc1. The maximum Gasteiger partial charge on any atom is 0.238 e. The summed E-state index contributed by atoms with van der Waals surface area (Å²) in [6, 6.07) is 22.8. The standard InChI is InChI=1S/C23H24N4O2S/c1-3-16(2)17-9-11-19(12-10-17)27-22-14-13-20(30(24,28)29)15-21(22)26-23(27)25-18-7-5-4-6-8-18/h4-16H,3H2,1-2H3,(H,25,26)(H2,24,28,29). The van der Waals surface area contributed by atoms with E-state index in [0.29, 0.717) is 17.4 Å². The summed E-state index contributed by atoms with van der Waals surface area (Å²) in [7, 11) is -3.81. The second kappa shape index (κ2) is 7.93. The average molecular weight is 421 g/mol. The predicted octanol–water partition coefficient (Wildman–Crippen LogP) is 4.93. The molecule has 1 unspecified atom stereocenters. The smallest absolute Gasteiger partial charge is 0.238 e. The van der Waals surface area contributed by atoms with Gasteiger partial charge in [-0.1, -0.05) is 44.2 Å². The van der Waals surface area contributed by atoms with Crippen molar-refractivity contribution in [1.29, 1.82) is 0 Å². The largest absolute Gasteiger partial charge is 0.325 e. The first kappa shape index (κ1) is 20.1. The summed E-state index contributed by atoms with van der Waals surface area (Å²) in [5.74, 6) is 1.08. The van der Waals surface area contributed by atoms with E-state index in [0.717, 1.165) is 23.3 Å². The highest BCUT2D eigenvalue weighted by Gasteiger charge is 2.16. The van der Waals surface area contributed by atoms with Crippen molar-refractivity contribution in [2.45, 2.75) is 31.1 Å². The van der Waals surface area contributed by atoms with Gasteiger partial charge in [0.15, 0.2) is 0 Å². The van der Waals surface area contributed by atoms with Gasteiger partial charge in [-0.2, -0.15) is 0 Å². The van der Waals surface area contributed by atoms with Crippen LogP contribution in [0.1, 0.15) is 31.7 Å². The molecule has 6 nitrogen and oxygen atoms in total. The molecule has 3 N–H and O–H groups in total. The number of imidazole rings is 1. The molecule has 0 aliphatic heterocycles. The number of nitrogens with zero attached hydrogens (tertiary/aromatic N) is 2. The van der Waals surface area contributed by atoms with E-state index in [1.165, 1.54) is 17.7 Å². The van der Waals surface area contributed by atoms with Gasteiger partial charge in [0.05, 0.1) is 15.9 Å². The Hall–Kier alpha value is -3.16. The molecule has 0 aliphatic carbocycles. The summed E-state index contributed by atoms with van der Waals surface area (Å²) in [4.78, 5) is 4.70. The minimum atomic E-state index is -3.81. The van der Waals surface area contributed by atoms with E-state index in [1.807, 2.05) is 34.9 Å². The number of aromatic nitrogens is 2. The van der Waals surface area contributed by atoms with Crippen molar-refractivity contribution in [1.82, 2.24) is 9.55 Å². The van der Waals surface area contributed by atoms with Crippen LogP contribution in [0.5, 0.6) is 0 Å². The molecule has 0 radical (unpaired) electrons. The fourth-order valence-electron chi connectivity index (χ4n) is 3.42. The number of nitrogens with one attached hydrogen (secondary N) is 1. The molecule has 30 heavy (non-hydrogen) atoms. The third-order valence-electron chi connectivity index (χ3n) is 5.32. The first-order valence-electron chi connectivity index (χ1n) is 9.84. The van der Waals surface area contributed by atoms with Gasteiger partial charge in [0.2, 0.25) is 16.0 Å². The Morgan fingerprint density at radius 1 is 1.03 bits per heavy atom. The van der Waals surface area contributed by atoms with Crippen molar-refractivity contribution in [2.24, 2.45) is 5.14 Å². The first-order valence-corrected chi connectivity index (χ1v) is 11.4. The van der Waals surface area contributed by atoms with Crippen LogP contribution in [0, 0.1) is 0 Å². The summed E-state index contributed by atoms with van der Waals surface area (Å²) in [6.07, 6.45) is 1.07. The Morgan fingerprint density at radius 2 is 1.73 bits per heavy atom. The minimum Gasteiger partial charge on any atom is -0.325 e. The van der Waals surface area contributed by atoms with Crippen LogP contribution in [0.15, 0.2) is 77.7 Å². The van der Waals surface area contributed by atoms with Gasteiger partial charge in [0.1, 0.15) is 0 Å². The van der Waals surface area contributed by atoms with Crippen LogP contribution in [-0.4, -0.2) is 18.0 Å². The highest BCUT2D eigenvalue weighted by Crippen LogP contribution is 2.29. The maximum absolute atomic E-state index is 11.8. The third kappa shape index (κ3) is 3.94. The molecule has 7 heteroatoms. The molecular weight excluding hydrogens is 396 g/mol. The molecule has 4 aromatic rings. The van der Waals surface area contributed by atoms with Crippen LogP contribution in [0.2, 0.25) is 0 Å². The number of sulfonamides is 1. The van der Waals surface area contributed by atoms with Gasteiger partial charge in [-0.05, 0) is 60.4 Å². The van der Waals surface area contributed by atoms with Crippen molar-refractivity contribution in [3.8, 4) is 5.69 Å². The fraction of sp³-hybridized carbons (Fsp3) is 0.174. The Balaban J connectivity index is 1.87. The molecule has 1 heterocycles. The Labute approximate surface area is 176 Å². The number of benzene rings is 3. The fourth-order valence-corrected chi connectivity index (χ4v) is 3.95. The molecule has 4 rings (SSSR count). The quantitative estimate of drug-likeness (QED) is 0.463. The lowest BCUT2D eigenvalue weighted by molar-refractivity contribution is 0.598. The summed E-state index contributed by atoms with van der Waals surface area (Å²) in [5.41, 5.74) is 4.44. The Bertz CT molecular complexity index is 1280. The van der Waals surface area contributed by atoms with Crippen molar-refractivity contribution in [2.75, 3.05) is 5.32 Å². The Morgan fingerprint density at radius 3 is 2.37 bits per heavy atom. The van der Waals surface area contributed by atoms with Gasteiger partial charge in [-0.15, -0.1) is 0 Å². The number of anilines is 2. The highest BCUT2D eigenvalue weighted by molar-refractivity contribution is 7.89. The maximum atomic E-state index is 11.8. The molecule has 0 bridgehead atoms. The van der Waals surface area contributed by atoms with Crippen molar-refractivity contribution < 1.29 is 8.42 Å². The van der Waals surface area contributed by atoms with Crippen LogP contribution >= 0.6 is 0 Å². The summed E-state index contributed by atoms with van der Waals surface area (Å²) >= 11 is 0. The molecule has 0 fully saturated rings. The number of fused-ring (bicyclic) bond motifs is 1. The number of hydrogen-bond donors (Lipinski definition) is 2.